The summed E-state index contributed by atoms with van der Waals surface area (Å²) < 4.78 is 0. The molecule has 0 spiro atoms. The molecule has 6 nitrogen and oxygen atoms in total. The maximum absolute atomic E-state index is 10.7. The van der Waals surface area contributed by atoms with Gasteiger partial charge < -0.3 is 10.6 Å². The Morgan fingerprint density at radius 3 is 2.47 bits per heavy atom. The van der Waals surface area contributed by atoms with Crippen LogP contribution in [0, 0.1) is 16.0 Å². The van der Waals surface area contributed by atoms with E-state index >= 15 is 0 Å². The molecule has 0 fully saturated rings. The molecule has 17 heavy (non-hydrogen) atoms. The third-order valence-corrected chi connectivity index (χ3v) is 2.96. The van der Waals surface area contributed by atoms with E-state index in [-0.39, 0.29) is 17.5 Å². The van der Waals surface area contributed by atoms with Crippen molar-refractivity contribution in [2.45, 2.75) is 26.8 Å². The van der Waals surface area contributed by atoms with E-state index in [2.05, 4.69) is 18.8 Å². The Bertz CT molecular complexity index is 420. The molecule has 94 valence electrons. The van der Waals surface area contributed by atoms with Crippen molar-refractivity contribution in [2.24, 2.45) is 5.92 Å². The lowest BCUT2D eigenvalue weighted by Gasteiger charge is -2.28. The molecule has 0 radical (unpaired) electrons. The second-order valence-electron chi connectivity index (χ2n) is 4.46. The number of hydrogen-bond acceptors (Lipinski definition) is 5. The molecule has 0 saturated heterocycles. The van der Waals surface area contributed by atoms with Crippen LogP contribution in [0.15, 0.2) is 12.1 Å². The Morgan fingerprint density at radius 2 is 2.00 bits per heavy atom. The summed E-state index contributed by atoms with van der Waals surface area (Å²) in [5.74, 6) is 1.11. The Hall–Kier alpha value is -1.85. The summed E-state index contributed by atoms with van der Waals surface area (Å²) >= 11 is 0. The highest BCUT2D eigenvalue weighted by Gasteiger charge is 2.18. The van der Waals surface area contributed by atoms with Gasteiger partial charge in [0, 0.05) is 13.1 Å². The van der Waals surface area contributed by atoms with Gasteiger partial charge in [0.1, 0.15) is 11.6 Å². The second kappa shape index (κ2) is 4.99. The summed E-state index contributed by atoms with van der Waals surface area (Å²) in [5, 5.41) is 10.7. The van der Waals surface area contributed by atoms with Crippen molar-refractivity contribution < 1.29 is 4.92 Å². The molecule has 1 heterocycles. The molecule has 0 aliphatic heterocycles. The number of nitro groups is 1. The van der Waals surface area contributed by atoms with E-state index in [9.17, 15) is 10.1 Å². The Kier molecular flexibility index (Phi) is 3.88. The van der Waals surface area contributed by atoms with Crippen LogP contribution in [0.1, 0.15) is 20.8 Å². The van der Waals surface area contributed by atoms with E-state index < -0.39 is 4.92 Å². The molecule has 2 N–H and O–H groups in total. The first-order valence-electron chi connectivity index (χ1n) is 5.47. The molecule has 1 aromatic rings. The molecule has 1 atom stereocenters. The van der Waals surface area contributed by atoms with Crippen molar-refractivity contribution in [3.8, 4) is 0 Å². The van der Waals surface area contributed by atoms with E-state index in [1.54, 1.807) is 0 Å². The van der Waals surface area contributed by atoms with Crippen LogP contribution in [-0.2, 0) is 0 Å². The first kappa shape index (κ1) is 13.2. The highest BCUT2D eigenvalue weighted by atomic mass is 16.6. The quantitative estimate of drug-likeness (QED) is 0.641. The lowest BCUT2D eigenvalue weighted by atomic mass is 10.1. The van der Waals surface area contributed by atoms with Crippen LogP contribution in [0.5, 0.6) is 0 Å². The van der Waals surface area contributed by atoms with Gasteiger partial charge in [0.2, 0.25) is 0 Å². The third-order valence-electron chi connectivity index (χ3n) is 2.96. The first-order valence-corrected chi connectivity index (χ1v) is 5.47. The standard InChI is InChI=1S/C11H18N4O2/c1-7(2)8(3)14(4)11-6-9(15(16)17)5-10(12)13-11/h5-8H,1-4H3,(H2,12,13). The number of anilines is 2. The van der Waals surface area contributed by atoms with Crippen molar-refractivity contribution in [1.82, 2.24) is 4.98 Å². The Balaban J connectivity index is 3.09. The minimum atomic E-state index is -0.463. The number of pyridine rings is 1. The lowest BCUT2D eigenvalue weighted by molar-refractivity contribution is -0.384. The zero-order chi connectivity index (χ0) is 13.2. The Morgan fingerprint density at radius 1 is 1.41 bits per heavy atom. The largest absolute Gasteiger partial charge is 0.383 e. The summed E-state index contributed by atoms with van der Waals surface area (Å²) in [6, 6.07) is 2.93. The van der Waals surface area contributed by atoms with E-state index in [0.29, 0.717) is 11.7 Å². The average molecular weight is 238 g/mol. The fraction of sp³-hybridized carbons (Fsp3) is 0.545. The zero-order valence-electron chi connectivity index (χ0n) is 10.5. The van der Waals surface area contributed by atoms with Crippen molar-refractivity contribution >= 4 is 17.3 Å². The van der Waals surface area contributed by atoms with Gasteiger partial charge in [-0.15, -0.1) is 0 Å². The summed E-state index contributed by atoms with van der Waals surface area (Å²) in [4.78, 5) is 16.3. The number of rotatable bonds is 4. The SMILES string of the molecule is CC(C)C(C)N(C)c1cc([N+](=O)[O-])cc(N)n1. The van der Waals surface area contributed by atoms with Crippen LogP contribution in [-0.4, -0.2) is 23.0 Å². The van der Waals surface area contributed by atoms with Crippen molar-refractivity contribution in [3.63, 3.8) is 0 Å². The molecule has 0 aliphatic rings. The van der Waals surface area contributed by atoms with Gasteiger partial charge in [-0.2, -0.15) is 0 Å². The number of nitrogens with two attached hydrogens (primary N) is 1. The van der Waals surface area contributed by atoms with Crippen LogP contribution >= 0.6 is 0 Å². The predicted octanol–water partition coefficient (Wildman–Crippen LogP) is 2.05. The molecule has 1 aromatic heterocycles. The van der Waals surface area contributed by atoms with E-state index in [1.165, 1.54) is 12.1 Å². The number of nitrogens with zero attached hydrogens (tertiary/aromatic N) is 3. The van der Waals surface area contributed by atoms with E-state index in [1.807, 2.05) is 18.9 Å². The Labute approximate surface area is 101 Å². The number of nitrogen functional groups attached to an aromatic ring is 1. The summed E-state index contributed by atoms with van der Waals surface area (Å²) in [6.07, 6.45) is 0. The minimum absolute atomic E-state index is 0.0321. The van der Waals surface area contributed by atoms with E-state index in [0.717, 1.165) is 0 Å². The highest BCUT2D eigenvalue weighted by Crippen LogP contribution is 2.23. The maximum atomic E-state index is 10.7. The first-order chi connectivity index (χ1) is 7.82. The lowest BCUT2D eigenvalue weighted by Crippen LogP contribution is -2.33. The molecule has 0 aliphatic carbocycles. The van der Waals surface area contributed by atoms with E-state index in [4.69, 9.17) is 5.73 Å². The van der Waals surface area contributed by atoms with Crippen molar-refractivity contribution in [1.29, 1.82) is 0 Å². The predicted molar refractivity (Wildman–Crippen MR) is 68.0 cm³/mol. The molecule has 0 aromatic carbocycles. The summed E-state index contributed by atoms with van der Waals surface area (Å²) in [7, 11) is 1.86. The average Bonchev–Trinajstić information content (AvgIpc) is 2.25. The van der Waals surface area contributed by atoms with Gasteiger partial charge in [-0.1, -0.05) is 13.8 Å². The van der Waals surface area contributed by atoms with Crippen LogP contribution in [0.4, 0.5) is 17.3 Å². The molecule has 0 saturated carbocycles. The highest BCUT2D eigenvalue weighted by molar-refractivity contribution is 5.54. The summed E-state index contributed by atoms with van der Waals surface area (Å²) in [5.41, 5.74) is 5.54. The second-order valence-corrected chi connectivity index (χ2v) is 4.46. The van der Waals surface area contributed by atoms with Gasteiger partial charge in [-0.3, -0.25) is 10.1 Å². The van der Waals surface area contributed by atoms with Crippen LogP contribution < -0.4 is 10.6 Å². The van der Waals surface area contributed by atoms with Gasteiger partial charge in [0.15, 0.2) is 0 Å². The van der Waals surface area contributed by atoms with Crippen LogP contribution in [0.3, 0.4) is 0 Å². The zero-order valence-corrected chi connectivity index (χ0v) is 10.5. The topological polar surface area (TPSA) is 85.3 Å². The molecule has 0 amide bonds. The molecular weight excluding hydrogens is 220 g/mol. The number of aromatic nitrogens is 1. The maximum Gasteiger partial charge on any atom is 0.276 e. The molecule has 1 rings (SSSR count). The monoisotopic (exact) mass is 238 g/mol. The molecule has 0 bridgehead atoms. The molecule has 1 unspecified atom stereocenters. The minimum Gasteiger partial charge on any atom is -0.383 e. The van der Waals surface area contributed by atoms with Gasteiger partial charge in [0.05, 0.1) is 17.1 Å². The van der Waals surface area contributed by atoms with Crippen molar-refractivity contribution in [2.75, 3.05) is 17.7 Å². The molecule has 6 heteroatoms. The normalized spacial score (nSPS) is 12.5. The molecular formula is C11H18N4O2. The smallest absolute Gasteiger partial charge is 0.276 e. The van der Waals surface area contributed by atoms with Gasteiger partial charge >= 0.3 is 0 Å². The fourth-order valence-corrected chi connectivity index (χ4v) is 1.46. The third kappa shape index (κ3) is 3.05. The fourth-order valence-electron chi connectivity index (χ4n) is 1.46. The van der Waals surface area contributed by atoms with Gasteiger partial charge in [0.25, 0.3) is 5.69 Å². The summed E-state index contributed by atoms with van der Waals surface area (Å²) in [6.45, 7) is 6.21. The van der Waals surface area contributed by atoms with Crippen molar-refractivity contribution in [3.05, 3.63) is 22.2 Å². The number of hydrogen-bond donors (Lipinski definition) is 1. The van der Waals surface area contributed by atoms with Gasteiger partial charge in [-0.25, -0.2) is 4.98 Å². The van der Waals surface area contributed by atoms with Crippen LogP contribution in [0.25, 0.3) is 0 Å². The van der Waals surface area contributed by atoms with Crippen LogP contribution in [0.2, 0.25) is 0 Å². The van der Waals surface area contributed by atoms with Gasteiger partial charge in [-0.05, 0) is 12.8 Å².